The number of rotatable bonds is 7. The monoisotopic (exact) mass is 551 g/mol. The molecule has 3 aromatic rings. The summed E-state index contributed by atoms with van der Waals surface area (Å²) in [6, 6.07) is 1.52. The molecular weight excluding hydrogens is 523 g/mol. The summed E-state index contributed by atoms with van der Waals surface area (Å²) in [5.74, 6) is 0.158. The Morgan fingerprint density at radius 3 is 2.56 bits per heavy atom. The largest absolute Gasteiger partial charge is 0.480 e. The van der Waals surface area contributed by atoms with Crippen LogP contribution < -0.4 is 10.3 Å². The van der Waals surface area contributed by atoms with Crippen LogP contribution in [0.3, 0.4) is 0 Å². The van der Waals surface area contributed by atoms with Crippen LogP contribution in [-0.2, 0) is 10.8 Å². The van der Waals surface area contributed by atoms with Gasteiger partial charge in [-0.05, 0) is 50.3 Å². The Morgan fingerprint density at radius 1 is 1.21 bits per heavy atom. The molecule has 11 nitrogen and oxygen atoms in total. The van der Waals surface area contributed by atoms with Gasteiger partial charge in [0.2, 0.25) is 5.88 Å². The third-order valence-corrected chi connectivity index (χ3v) is 6.48. The SMILES string of the molecule is C=C(CCC(F)(F)F)c1nc(C2CCOC(c3cc(C)c(=O)n(C(O)(O)O)c3)C2)nc2nc(C)c(OC)nc12. The summed E-state index contributed by atoms with van der Waals surface area (Å²) < 4.78 is 50.3. The zero-order valence-corrected chi connectivity index (χ0v) is 21.5. The number of ether oxygens (including phenoxy) is 2. The first-order valence-corrected chi connectivity index (χ1v) is 12.1. The summed E-state index contributed by atoms with van der Waals surface area (Å²) in [4.78, 5) is 30.2. The Bertz CT molecular complexity index is 1470. The highest BCUT2D eigenvalue weighted by Gasteiger charge is 2.32. The van der Waals surface area contributed by atoms with Crippen LogP contribution in [0.4, 0.5) is 13.2 Å². The fourth-order valence-electron chi connectivity index (χ4n) is 4.47. The van der Waals surface area contributed by atoms with Gasteiger partial charge in [-0.1, -0.05) is 6.58 Å². The van der Waals surface area contributed by atoms with Crippen LogP contribution >= 0.6 is 0 Å². The average Bonchev–Trinajstić information content (AvgIpc) is 2.86. The van der Waals surface area contributed by atoms with Crippen LogP contribution in [0.15, 0.2) is 23.6 Å². The minimum Gasteiger partial charge on any atom is -0.480 e. The molecule has 1 saturated heterocycles. The van der Waals surface area contributed by atoms with Gasteiger partial charge in [-0.25, -0.2) is 24.5 Å². The number of hydrogen-bond acceptors (Lipinski definition) is 10. The lowest BCUT2D eigenvalue weighted by Gasteiger charge is -2.30. The van der Waals surface area contributed by atoms with Gasteiger partial charge in [0.25, 0.3) is 5.56 Å². The fourth-order valence-corrected chi connectivity index (χ4v) is 4.47. The topological polar surface area (TPSA) is 153 Å². The lowest BCUT2D eigenvalue weighted by molar-refractivity contribution is -0.377. The van der Waals surface area contributed by atoms with E-state index >= 15 is 0 Å². The van der Waals surface area contributed by atoms with Gasteiger partial charge in [0.1, 0.15) is 17.0 Å². The van der Waals surface area contributed by atoms with Gasteiger partial charge in [0, 0.05) is 30.7 Å². The second kappa shape index (κ2) is 10.6. The fraction of sp³-hybridized carbons (Fsp3) is 0.480. The van der Waals surface area contributed by atoms with Gasteiger partial charge in [-0.2, -0.15) is 13.2 Å². The normalized spacial score (nSPS) is 18.4. The molecule has 14 heteroatoms. The van der Waals surface area contributed by atoms with Crippen molar-refractivity contribution < 1.29 is 38.0 Å². The van der Waals surface area contributed by atoms with Crippen LogP contribution in [0.25, 0.3) is 16.7 Å². The van der Waals surface area contributed by atoms with E-state index in [-0.39, 0.29) is 52.8 Å². The van der Waals surface area contributed by atoms with Crippen molar-refractivity contribution in [2.75, 3.05) is 13.7 Å². The highest BCUT2D eigenvalue weighted by molar-refractivity contribution is 5.84. The van der Waals surface area contributed by atoms with Crippen molar-refractivity contribution in [3.63, 3.8) is 0 Å². The number of allylic oxidation sites excluding steroid dienone is 1. The number of fused-ring (bicyclic) bond motifs is 1. The number of halogens is 3. The van der Waals surface area contributed by atoms with Crippen molar-refractivity contribution in [2.45, 2.75) is 63.8 Å². The van der Waals surface area contributed by atoms with Crippen LogP contribution in [0.1, 0.15) is 66.0 Å². The summed E-state index contributed by atoms with van der Waals surface area (Å²) in [5, 5.41) is 28.8. The first-order chi connectivity index (χ1) is 18.2. The molecule has 0 aliphatic carbocycles. The van der Waals surface area contributed by atoms with Crippen LogP contribution in [0.2, 0.25) is 0 Å². The number of aryl methyl sites for hydroxylation is 2. The van der Waals surface area contributed by atoms with Gasteiger partial charge in [0.15, 0.2) is 5.65 Å². The number of methoxy groups -OCH3 is 1. The molecule has 2 atom stereocenters. The zero-order valence-electron chi connectivity index (χ0n) is 21.5. The molecular formula is C25H28F3N5O6. The van der Waals surface area contributed by atoms with Gasteiger partial charge >= 0.3 is 12.3 Å². The van der Waals surface area contributed by atoms with E-state index in [4.69, 9.17) is 9.47 Å². The average molecular weight is 552 g/mol. The van der Waals surface area contributed by atoms with Gasteiger partial charge < -0.3 is 24.8 Å². The van der Waals surface area contributed by atoms with Crippen LogP contribution in [0, 0.1) is 13.8 Å². The third-order valence-electron chi connectivity index (χ3n) is 6.48. The quantitative estimate of drug-likeness (QED) is 0.374. The van der Waals surface area contributed by atoms with E-state index in [1.807, 2.05) is 0 Å². The lowest BCUT2D eigenvalue weighted by atomic mass is 9.91. The molecule has 0 aromatic carbocycles. The van der Waals surface area contributed by atoms with Crippen molar-refractivity contribution in [3.05, 3.63) is 57.5 Å². The molecule has 4 rings (SSSR count). The van der Waals surface area contributed by atoms with Crippen molar-refractivity contribution in [1.29, 1.82) is 0 Å². The minimum atomic E-state index is -4.38. The van der Waals surface area contributed by atoms with Gasteiger partial charge in [0.05, 0.1) is 18.9 Å². The molecule has 0 saturated carbocycles. The van der Waals surface area contributed by atoms with E-state index in [1.165, 1.54) is 20.1 Å². The molecule has 3 N–H and O–H groups in total. The second-order valence-corrected chi connectivity index (χ2v) is 9.45. The molecule has 39 heavy (non-hydrogen) atoms. The number of aromatic nitrogens is 5. The number of pyridine rings is 1. The molecule has 4 heterocycles. The highest BCUT2D eigenvalue weighted by Crippen LogP contribution is 2.38. The third kappa shape index (κ3) is 6.24. The molecule has 1 aliphatic rings. The van der Waals surface area contributed by atoms with E-state index < -0.39 is 36.8 Å². The first kappa shape index (κ1) is 28.5. The summed E-state index contributed by atoms with van der Waals surface area (Å²) in [6.07, 6.45) is -8.05. The first-order valence-electron chi connectivity index (χ1n) is 12.1. The lowest BCUT2D eigenvalue weighted by Crippen LogP contribution is -2.41. The Kier molecular flexibility index (Phi) is 7.76. The van der Waals surface area contributed by atoms with Crippen molar-refractivity contribution in [2.24, 2.45) is 0 Å². The molecule has 0 spiro atoms. The number of nitrogens with zero attached hydrogens (tertiary/aromatic N) is 5. The highest BCUT2D eigenvalue weighted by atomic mass is 19.4. The van der Waals surface area contributed by atoms with E-state index in [9.17, 15) is 33.3 Å². The predicted molar refractivity (Wildman–Crippen MR) is 131 cm³/mol. The van der Waals surface area contributed by atoms with E-state index in [2.05, 4.69) is 26.5 Å². The molecule has 1 fully saturated rings. The summed E-state index contributed by atoms with van der Waals surface area (Å²) in [6.45, 7) is 7.19. The van der Waals surface area contributed by atoms with E-state index in [0.29, 0.717) is 28.1 Å². The summed E-state index contributed by atoms with van der Waals surface area (Å²) in [7, 11) is 1.40. The zero-order chi connectivity index (χ0) is 28.7. The van der Waals surface area contributed by atoms with Crippen LogP contribution in [0.5, 0.6) is 5.88 Å². The Labute approximate surface area is 220 Å². The number of alkyl halides is 3. The van der Waals surface area contributed by atoms with Crippen molar-refractivity contribution in [1.82, 2.24) is 24.5 Å². The molecule has 0 amide bonds. The van der Waals surface area contributed by atoms with Crippen molar-refractivity contribution >= 4 is 16.7 Å². The Balaban J connectivity index is 1.74. The van der Waals surface area contributed by atoms with Gasteiger partial charge in [-0.3, -0.25) is 4.79 Å². The minimum absolute atomic E-state index is 0.123. The molecule has 0 bridgehead atoms. The van der Waals surface area contributed by atoms with Crippen LogP contribution in [-0.4, -0.2) is 59.7 Å². The van der Waals surface area contributed by atoms with Gasteiger partial charge in [-0.15, -0.1) is 0 Å². The number of aliphatic hydroxyl groups is 3. The van der Waals surface area contributed by atoms with E-state index in [1.54, 1.807) is 6.92 Å². The van der Waals surface area contributed by atoms with Crippen molar-refractivity contribution in [3.8, 4) is 5.88 Å². The Hall–Kier alpha value is -3.46. The molecule has 3 aromatic heterocycles. The molecule has 0 radical (unpaired) electrons. The molecule has 1 aliphatic heterocycles. The maximum atomic E-state index is 12.9. The second-order valence-electron chi connectivity index (χ2n) is 9.45. The predicted octanol–water partition coefficient (Wildman–Crippen LogP) is 2.74. The molecule has 210 valence electrons. The maximum Gasteiger partial charge on any atom is 0.389 e. The standard InChI is InChI=1S/C25H28F3N5O6/c1-12(5-7-24(26,27)28)18-19-21(29-14(3)22(31-19)38-4)32-20(30-18)15-6-8-39-17(10-15)16-9-13(2)23(34)33(11-16)25(35,36)37/h9,11,15,17,35-37H,1,5-8,10H2,2-4H3. The molecule has 2 unspecified atom stereocenters. The number of hydrogen-bond donors (Lipinski definition) is 3. The smallest absolute Gasteiger partial charge is 0.389 e. The summed E-state index contributed by atoms with van der Waals surface area (Å²) in [5.41, 5.74) is 0.788. The summed E-state index contributed by atoms with van der Waals surface area (Å²) >= 11 is 0. The Morgan fingerprint density at radius 2 is 1.92 bits per heavy atom. The maximum absolute atomic E-state index is 12.9. The van der Waals surface area contributed by atoms with E-state index in [0.717, 1.165) is 6.20 Å².